The highest BCUT2D eigenvalue weighted by atomic mass is 31.0. The Bertz CT molecular complexity index is 541. The van der Waals surface area contributed by atoms with Crippen LogP contribution < -0.4 is 4.74 Å². The van der Waals surface area contributed by atoms with E-state index in [0.717, 1.165) is 35.6 Å². The first-order valence-electron chi connectivity index (χ1n) is 10.2. The van der Waals surface area contributed by atoms with Crippen LogP contribution in [0.1, 0.15) is 58.9 Å². The van der Waals surface area contributed by atoms with Crippen LogP contribution in [0.2, 0.25) is 0 Å². The van der Waals surface area contributed by atoms with Gasteiger partial charge in [-0.15, -0.1) is 9.24 Å². The van der Waals surface area contributed by atoms with Crippen molar-refractivity contribution in [1.82, 2.24) is 0 Å². The molecular formula is C22H35O2P. The third-order valence-corrected chi connectivity index (χ3v) is 6.97. The van der Waals surface area contributed by atoms with E-state index in [1.807, 2.05) is 0 Å². The minimum Gasteiger partial charge on any atom is -0.465 e. The highest BCUT2D eigenvalue weighted by Crippen LogP contribution is 2.55. The lowest BCUT2D eigenvalue weighted by molar-refractivity contribution is -0.164. The molecule has 2 bridgehead atoms. The summed E-state index contributed by atoms with van der Waals surface area (Å²) in [6.07, 6.45) is 6.45. The zero-order chi connectivity index (χ0) is 18.0. The van der Waals surface area contributed by atoms with Gasteiger partial charge in [0.25, 0.3) is 0 Å². The Morgan fingerprint density at radius 2 is 1.72 bits per heavy atom. The molecule has 0 heterocycles. The van der Waals surface area contributed by atoms with Crippen molar-refractivity contribution in [1.29, 1.82) is 0 Å². The molecule has 0 N–H and O–H groups in total. The summed E-state index contributed by atoms with van der Waals surface area (Å²) < 4.78 is 12.8. The van der Waals surface area contributed by atoms with Gasteiger partial charge in [-0.1, -0.05) is 52.7 Å². The Kier molecular flexibility index (Phi) is 6.44. The quantitative estimate of drug-likeness (QED) is 0.423. The van der Waals surface area contributed by atoms with Crippen LogP contribution in [0.5, 0.6) is 5.75 Å². The average Bonchev–Trinajstić information content (AvgIpc) is 3.18. The molecule has 140 valence electrons. The molecule has 3 heteroatoms. The van der Waals surface area contributed by atoms with E-state index < -0.39 is 0 Å². The van der Waals surface area contributed by atoms with Gasteiger partial charge in [0.05, 0.1) is 6.10 Å². The maximum absolute atomic E-state index is 6.57. The van der Waals surface area contributed by atoms with Crippen molar-refractivity contribution in [2.24, 2.45) is 29.6 Å². The highest BCUT2D eigenvalue weighted by Gasteiger charge is 2.52. The van der Waals surface area contributed by atoms with Crippen molar-refractivity contribution in [3.63, 3.8) is 0 Å². The van der Waals surface area contributed by atoms with Crippen LogP contribution in [0.15, 0.2) is 24.3 Å². The standard InChI is InChI=1S/C22H35O2P/c1-5-18-16-11-20(19(18)6-2)21(12-16)24-22(14(3)4)23-17-9-7-15(13-25)8-10-17/h7-10,14,16,18-22H,5-6,11-13,25H2,1-4H3. The number of ether oxygens (including phenoxy) is 2. The summed E-state index contributed by atoms with van der Waals surface area (Å²) in [6, 6.07) is 8.41. The van der Waals surface area contributed by atoms with Crippen LogP contribution in [0.3, 0.4) is 0 Å². The summed E-state index contributed by atoms with van der Waals surface area (Å²) in [5, 5.41) is 0. The fourth-order valence-corrected chi connectivity index (χ4v) is 5.54. The smallest absolute Gasteiger partial charge is 0.202 e. The monoisotopic (exact) mass is 362 g/mol. The van der Waals surface area contributed by atoms with E-state index in [0.29, 0.717) is 12.0 Å². The summed E-state index contributed by atoms with van der Waals surface area (Å²) in [7, 11) is 2.76. The van der Waals surface area contributed by atoms with Crippen molar-refractivity contribution >= 4 is 9.24 Å². The molecule has 0 radical (unpaired) electrons. The average molecular weight is 362 g/mol. The topological polar surface area (TPSA) is 18.5 Å². The molecule has 0 spiro atoms. The Morgan fingerprint density at radius 1 is 1.04 bits per heavy atom. The summed E-state index contributed by atoms with van der Waals surface area (Å²) in [6.45, 7) is 9.11. The summed E-state index contributed by atoms with van der Waals surface area (Å²) >= 11 is 0. The molecule has 7 unspecified atom stereocenters. The first-order valence-corrected chi connectivity index (χ1v) is 11.0. The normalized spacial score (nSPS) is 32.3. The minimum atomic E-state index is -0.149. The van der Waals surface area contributed by atoms with Crippen molar-refractivity contribution in [2.75, 3.05) is 0 Å². The molecule has 0 amide bonds. The Morgan fingerprint density at radius 3 is 2.28 bits per heavy atom. The van der Waals surface area contributed by atoms with Crippen molar-refractivity contribution in [3.05, 3.63) is 29.8 Å². The highest BCUT2D eigenvalue weighted by molar-refractivity contribution is 7.15. The largest absolute Gasteiger partial charge is 0.465 e. The third kappa shape index (κ3) is 4.06. The Labute approximate surface area is 156 Å². The second-order valence-corrected chi connectivity index (χ2v) is 8.70. The van der Waals surface area contributed by atoms with Gasteiger partial charge in [-0.05, 0) is 60.4 Å². The van der Waals surface area contributed by atoms with Gasteiger partial charge in [0.1, 0.15) is 5.75 Å². The second kappa shape index (κ2) is 8.40. The molecule has 25 heavy (non-hydrogen) atoms. The van der Waals surface area contributed by atoms with Gasteiger partial charge >= 0.3 is 0 Å². The van der Waals surface area contributed by atoms with Gasteiger partial charge in [0, 0.05) is 5.92 Å². The lowest BCUT2D eigenvalue weighted by Crippen LogP contribution is -2.38. The number of hydrogen-bond donors (Lipinski definition) is 0. The number of benzene rings is 1. The van der Waals surface area contributed by atoms with Gasteiger partial charge in [-0.25, -0.2) is 0 Å². The van der Waals surface area contributed by atoms with E-state index in [4.69, 9.17) is 9.47 Å². The van der Waals surface area contributed by atoms with Crippen molar-refractivity contribution in [2.45, 2.75) is 71.9 Å². The van der Waals surface area contributed by atoms with E-state index in [1.54, 1.807) is 0 Å². The van der Waals surface area contributed by atoms with E-state index >= 15 is 0 Å². The molecule has 3 rings (SSSR count). The Balaban J connectivity index is 1.64. The van der Waals surface area contributed by atoms with Crippen LogP contribution in [0, 0.1) is 29.6 Å². The van der Waals surface area contributed by atoms with Gasteiger partial charge < -0.3 is 9.47 Å². The van der Waals surface area contributed by atoms with Gasteiger partial charge in [-0.2, -0.15) is 0 Å². The predicted molar refractivity (Wildman–Crippen MR) is 108 cm³/mol. The molecule has 1 aromatic carbocycles. The first-order chi connectivity index (χ1) is 12.1. The van der Waals surface area contributed by atoms with Crippen LogP contribution in [0.25, 0.3) is 0 Å². The number of hydrogen-bond acceptors (Lipinski definition) is 2. The predicted octanol–water partition coefficient (Wildman–Crippen LogP) is 5.90. The van der Waals surface area contributed by atoms with Crippen LogP contribution in [-0.2, 0) is 10.9 Å². The molecule has 2 nitrogen and oxygen atoms in total. The fourth-order valence-electron chi connectivity index (χ4n) is 5.27. The summed E-state index contributed by atoms with van der Waals surface area (Å²) in [5.74, 6) is 4.66. The Hall–Kier alpha value is -0.590. The molecular weight excluding hydrogens is 327 g/mol. The SMILES string of the molecule is CCC1C2CC(OC(Oc3ccc(CP)cc3)C(C)C)C(C2)C1CC. The van der Waals surface area contributed by atoms with E-state index in [-0.39, 0.29) is 6.29 Å². The molecule has 7 atom stereocenters. The minimum absolute atomic E-state index is 0.149. The molecule has 2 fully saturated rings. The molecule has 0 aromatic heterocycles. The van der Waals surface area contributed by atoms with Gasteiger partial charge in [0.2, 0.25) is 6.29 Å². The van der Waals surface area contributed by atoms with Crippen LogP contribution >= 0.6 is 9.24 Å². The van der Waals surface area contributed by atoms with Crippen LogP contribution in [0.4, 0.5) is 0 Å². The molecule has 2 saturated carbocycles. The van der Waals surface area contributed by atoms with Gasteiger partial charge in [-0.3, -0.25) is 0 Å². The summed E-state index contributed by atoms with van der Waals surface area (Å²) in [5.41, 5.74) is 1.31. The molecule has 0 aliphatic heterocycles. The molecule has 0 saturated heterocycles. The fraction of sp³-hybridized carbons (Fsp3) is 0.727. The third-order valence-electron chi connectivity index (χ3n) is 6.50. The lowest BCUT2D eigenvalue weighted by atomic mass is 9.75. The van der Waals surface area contributed by atoms with Crippen molar-refractivity contribution in [3.8, 4) is 5.75 Å². The molecule has 2 aliphatic carbocycles. The lowest BCUT2D eigenvalue weighted by Gasteiger charge is -2.37. The second-order valence-electron chi connectivity index (χ2n) is 8.29. The van der Waals surface area contributed by atoms with E-state index in [9.17, 15) is 0 Å². The molecule has 1 aromatic rings. The van der Waals surface area contributed by atoms with Gasteiger partial charge in [0.15, 0.2) is 0 Å². The van der Waals surface area contributed by atoms with E-state index in [1.165, 1.54) is 31.2 Å². The zero-order valence-electron chi connectivity index (χ0n) is 16.3. The number of rotatable bonds is 8. The van der Waals surface area contributed by atoms with E-state index in [2.05, 4.69) is 61.2 Å². The van der Waals surface area contributed by atoms with Crippen LogP contribution in [-0.4, -0.2) is 12.4 Å². The van der Waals surface area contributed by atoms with Crippen molar-refractivity contribution < 1.29 is 9.47 Å². The number of fused-ring (bicyclic) bond motifs is 2. The maximum atomic E-state index is 6.57. The summed E-state index contributed by atoms with van der Waals surface area (Å²) in [4.78, 5) is 0. The molecule has 2 aliphatic rings. The first kappa shape index (κ1) is 19.2. The maximum Gasteiger partial charge on any atom is 0.202 e. The zero-order valence-corrected chi connectivity index (χ0v) is 17.4.